The van der Waals surface area contributed by atoms with Crippen LogP contribution in [0.1, 0.15) is 6.42 Å². The van der Waals surface area contributed by atoms with E-state index in [4.69, 9.17) is 17.0 Å². The molecule has 1 aromatic heterocycles. The molecule has 0 spiro atoms. The summed E-state index contributed by atoms with van der Waals surface area (Å²) in [5, 5.41) is 0. The number of para-hydroxylation sites is 1. The number of fused-ring (bicyclic) bond motifs is 1. The summed E-state index contributed by atoms with van der Waals surface area (Å²) >= 11 is 5.32. The van der Waals surface area contributed by atoms with Crippen LogP contribution in [0.3, 0.4) is 0 Å². The largest absolute Gasteiger partial charge is 0.494 e. The molecule has 1 heterocycles. The molecule has 2 rings (SSSR count). The number of imidazole rings is 1. The lowest BCUT2D eigenvalue weighted by Crippen LogP contribution is -2.03. The minimum Gasteiger partial charge on any atom is -0.494 e. The Morgan fingerprint density at radius 1 is 1.50 bits per heavy atom. The van der Waals surface area contributed by atoms with E-state index in [9.17, 15) is 4.21 Å². The Morgan fingerprint density at radius 3 is 2.94 bits per heavy atom. The van der Waals surface area contributed by atoms with E-state index in [1.54, 1.807) is 13.4 Å². The Morgan fingerprint density at radius 2 is 2.28 bits per heavy atom. The van der Waals surface area contributed by atoms with Crippen LogP contribution in [0.2, 0.25) is 0 Å². The van der Waals surface area contributed by atoms with Gasteiger partial charge < -0.3 is 14.3 Å². The quantitative estimate of drug-likeness (QED) is 0.858. The Kier molecular flexibility index (Phi) is 4.19. The number of ether oxygens (including phenoxy) is 1. The third kappa shape index (κ3) is 2.64. The highest BCUT2D eigenvalue weighted by Gasteiger charge is 2.08. The van der Waals surface area contributed by atoms with E-state index < -0.39 is 10.8 Å². The first-order valence-corrected chi connectivity index (χ1v) is 7.82. The van der Waals surface area contributed by atoms with Crippen LogP contribution in [0.5, 0.6) is 5.75 Å². The van der Waals surface area contributed by atoms with Crippen LogP contribution in [0.15, 0.2) is 18.2 Å². The van der Waals surface area contributed by atoms with Crippen molar-refractivity contribution in [1.29, 1.82) is 0 Å². The summed E-state index contributed by atoms with van der Waals surface area (Å²) < 4.78 is 19.1. The van der Waals surface area contributed by atoms with Crippen molar-refractivity contribution in [1.82, 2.24) is 9.55 Å². The zero-order valence-corrected chi connectivity index (χ0v) is 12.1. The first kappa shape index (κ1) is 13.3. The molecule has 0 bridgehead atoms. The molecule has 4 nitrogen and oxygen atoms in total. The number of methoxy groups -OCH3 is 1. The molecular formula is C12H16N2O2S2. The van der Waals surface area contributed by atoms with Gasteiger partial charge in [0.1, 0.15) is 11.3 Å². The summed E-state index contributed by atoms with van der Waals surface area (Å²) in [4.78, 5) is 3.16. The zero-order chi connectivity index (χ0) is 13.1. The number of aromatic nitrogens is 2. The van der Waals surface area contributed by atoms with Crippen molar-refractivity contribution in [2.75, 3.05) is 19.1 Å². The molecule has 0 fully saturated rings. The lowest BCUT2D eigenvalue weighted by Gasteiger charge is -2.04. The number of nitrogens with one attached hydrogen (secondary N) is 1. The van der Waals surface area contributed by atoms with Crippen molar-refractivity contribution in [3.63, 3.8) is 0 Å². The second-order valence-electron chi connectivity index (χ2n) is 4.07. The van der Waals surface area contributed by atoms with Crippen LogP contribution in [0.4, 0.5) is 0 Å². The molecule has 1 N–H and O–H groups in total. The number of rotatable bonds is 5. The van der Waals surface area contributed by atoms with Crippen LogP contribution >= 0.6 is 12.2 Å². The predicted molar refractivity (Wildman–Crippen MR) is 77.2 cm³/mol. The predicted octanol–water partition coefficient (Wildman–Crippen LogP) is 2.48. The van der Waals surface area contributed by atoms with Crippen LogP contribution in [0, 0.1) is 4.77 Å². The highest BCUT2D eigenvalue weighted by Crippen LogP contribution is 2.24. The fourth-order valence-electron chi connectivity index (χ4n) is 1.97. The van der Waals surface area contributed by atoms with E-state index in [1.165, 1.54) is 0 Å². The number of H-pyrrole nitrogens is 1. The van der Waals surface area contributed by atoms with Crippen molar-refractivity contribution in [2.24, 2.45) is 0 Å². The first-order chi connectivity index (χ1) is 8.63. The maximum absolute atomic E-state index is 11.1. The maximum Gasteiger partial charge on any atom is 0.178 e. The number of aromatic amines is 1. The van der Waals surface area contributed by atoms with E-state index in [-0.39, 0.29) is 0 Å². The molecule has 0 aliphatic rings. The summed E-state index contributed by atoms with van der Waals surface area (Å²) in [5.74, 6) is 1.48. The molecule has 2 aromatic rings. The Labute approximate surface area is 113 Å². The minimum atomic E-state index is -0.756. The normalized spacial score (nSPS) is 12.8. The van der Waals surface area contributed by atoms with Gasteiger partial charge >= 0.3 is 0 Å². The van der Waals surface area contributed by atoms with Gasteiger partial charge in [-0.25, -0.2) is 0 Å². The van der Waals surface area contributed by atoms with Crippen molar-refractivity contribution in [2.45, 2.75) is 13.0 Å². The second kappa shape index (κ2) is 5.67. The monoisotopic (exact) mass is 284 g/mol. The summed E-state index contributed by atoms with van der Waals surface area (Å²) in [6.07, 6.45) is 2.57. The molecule has 1 unspecified atom stereocenters. The van der Waals surface area contributed by atoms with Crippen LogP contribution in [-0.2, 0) is 17.3 Å². The minimum absolute atomic E-state index is 0.677. The smallest absolute Gasteiger partial charge is 0.178 e. The number of benzene rings is 1. The van der Waals surface area contributed by atoms with Crippen LogP contribution in [-0.4, -0.2) is 32.9 Å². The van der Waals surface area contributed by atoms with Crippen molar-refractivity contribution >= 4 is 34.1 Å². The van der Waals surface area contributed by atoms with Gasteiger partial charge in [-0.1, -0.05) is 6.07 Å². The van der Waals surface area contributed by atoms with Gasteiger partial charge in [-0.3, -0.25) is 4.21 Å². The topological polar surface area (TPSA) is 47.0 Å². The fraction of sp³-hybridized carbons (Fsp3) is 0.417. The second-order valence-corrected chi connectivity index (χ2v) is 6.01. The summed E-state index contributed by atoms with van der Waals surface area (Å²) in [5.41, 5.74) is 1.95. The Bertz CT molecular complexity index is 631. The molecule has 0 radical (unpaired) electrons. The van der Waals surface area contributed by atoms with Gasteiger partial charge in [0.15, 0.2) is 4.77 Å². The van der Waals surface area contributed by atoms with Gasteiger partial charge in [-0.2, -0.15) is 0 Å². The molecular weight excluding hydrogens is 268 g/mol. The SMILES string of the molecule is COc1cccc2c1[nH]c(=S)n2CCCS(C)=O. The molecule has 1 aromatic carbocycles. The molecule has 0 saturated carbocycles. The number of aryl methyl sites for hydroxylation is 1. The third-order valence-electron chi connectivity index (χ3n) is 2.81. The molecule has 18 heavy (non-hydrogen) atoms. The highest BCUT2D eigenvalue weighted by atomic mass is 32.2. The first-order valence-electron chi connectivity index (χ1n) is 5.69. The van der Waals surface area contributed by atoms with E-state index in [1.807, 2.05) is 22.8 Å². The standard InChI is InChI=1S/C12H16N2O2S2/c1-16-10-6-3-5-9-11(10)13-12(17)14(9)7-4-8-18(2)15/h3,5-6H,4,7-8H2,1-2H3,(H,13,17). The average molecular weight is 284 g/mol. The summed E-state index contributed by atoms with van der Waals surface area (Å²) in [6.45, 7) is 0.769. The van der Waals surface area contributed by atoms with E-state index >= 15 is 0 Å². The third-order valence-corrected chi connectivity index (χ3v) is 3.99. The summed E-state index contributed by atoms with van der Waals surface area (Å²) in [6, 6.07) is 5.85. The highest BCUT2D eigenvalue weighted by molar-refractivity contribution is 7.84. The maximum atomic E-state index is 11.1. The van der Waals surface area contributed by atoms with Crippen molar-refractivity contribution in [3.05, 3.63) is 23.0 Å². The van der Waals surface area contributed by atoms with Crippen molar-refractivity contribution < 1.29 is 8.95 Å². The molecule has 0 aliphatic heterocycles. The van der Waals surface area contributed by atoms with Crippen LogP contribution in [0.25, 0.3) is 11.0 Å². The van der Waals surface area contributed by atoms with Crippen molar-refractivity contribution in [3.8, 4) is 5.75 Å². The average Bonchev–Trinajstić information content (AvgIpc) is 2.65. The van der Waals surface area contributed by atoms with Crippen LogP contribution < -0.4 is 4.74 Å². The van der Waals surface area contributed by atoms with E-state index in [2.05, 4.69) is 4.98 Å². The lowest BCUT2D eigenvalue weighted by atomic mass is 10.3. The number of nitrogens with zero attached hydrogens (tertiary/aromatic N) is 1. The van der Waals surface area contributed by atoms with E-state index in [0.29, 0.717) is 10.5 Å². The van der Waals surface area contributed by atoms with Gasteiger partial charge in [0, 0.05) is 29.4 Å². The zero-order valence-electron chi connectivity index (χ0n) is 10.4. The number of hydrogen-bond donors (Lipinski definition) is 1. The summed E-state index contributed by atoms with van der Waals surface area (Å²) in [7, 11) is 0.886. The molecule has 1 atom stereocenters. The molecule has 0 saturated heterocycles. The fourth-order valence-corrected chi connectivity index (χ4v) is 2.80. The van der Waals surface area contributed by atoms with Gasteiger partial charge in [-0.15, -0.1) is 0 Å². The Hall–Kier alpha value is -1.14. The van der Waals surface area contributed by atoms with E-state index in [0.717, 1.165) is 29.7 Å². The number of hydrogen-bond acceptors (Lipinski definition) is 3. The molecule has 0 aliphatic carbocycles. The molecule has 0 amide bonds. The molecule has 6 heteroatoms. The lowest BCUT2D eigenvalue weighted by molar-refractivity contribution is 0.419. The van der Waals surface area contributed by atoms with Gasteiger partial charge in [-0.05, 0) is 30.8 Å². The van der Waals surface area contributed by atoms with Gasteiger partial charge in [0.05, 0.1) is 12.6 Å². The Balaban J connectivity index is 2.36. The molecule has 98 valence electrons. The van der Waals surface area contributed by atoms with Gasteiger partial charge in [0.25, 0.3) is 0 Å². The van der Waals surface area contributed by atoms with Gasteiger partial charge in [0.2, 0.25) is 0 Å².